The van der Waals surface area contributed by atoms with Crippen molar-refractivity contribution in [3.8, 4) is 0 Å². The van der Waals surface area contributed by atoms with Crippen LogP contribution in [0.3, 0.4) is 0 Å². The SMILES string of the molecule is CC(C)(C)Nc1[c]cccc1. The second-order valence-corrected chi connectivity index (χ2v) is 3.65. The van der Waals surface area contributed by atoms with E-state index >= 15 is 0 Å². The van der Waals surface area contributed by atoms with Crippen LogP contribution in [-0.4, -0.2) is 5.54 Å². The first-order valence-electron chi connectivity index (χ1n) is 3.83. The van der Waals surface area contributed by atoms with Gasteiger partial charge < -0.3 is 5.32 Å². The van der Waals surface area contributed by atoms with Crippen LogP contribution in [0.2, 0.25) is 0 Å². The van der Waals surface area contributed by atoms with Gasteiger partial charge in [-0.3, -0.25) is 0 Å². The van der Waals surface area contributed by atoms with Gasteiger partial charge in [0.1, 0.15) is 0 Å². The van der Waals surface area contributed by atoms with Gasteiger partial charge in [-0.1, -0.05) is 18.2 Å². The third-order valence-electron chi connectivity index (χ3n) is 1.22. The van der Waals surface area contributed by atoms with Gasteiger partial charge in [0.2, 0.25) is 0 Å². The minimum Gasteiger partial charge on any atom is -0.380 e. The van der Waals surface area contributed by atoms with Gasteiger partial charge in [0.05, 0.1) is 0 Å². The van der Waals surface area contributed by atoms with Crippen LogP contribution in [0.25, 0.3) is 0 Å². The van der Waals surface area contributed by atoms with Crippen LogP contribution in [0.4, 0.5) is 5.69 Å². The summed E-state index contributed by atoms with van der Waals surface area (Å²) in [4.78, 5) is 0. The summed E-state index contributed by atoms with van der Waals surface area (Å²) >= 11 is 0. The van der Waals surface area contributed by atoms with Crippen molar-refractivity contribution < 1.29 is 0 Å². The van der Waals surface area contributed by atoms with E-state index in [-0.39, 0.29) is 5.54 Å². The molecule has 1 nitrogen and oxygen atoms in total. The van der Waals surface area contributed by atoms with Gasteiger partial charge in [-0.15, -0.1) is 0 Å². The second-order valence-electron chi connectivity index (χ2n) is 3.65. The van der Waals surface area contributed by atoms with Crippen LogP contribution in [0, 0.1) is 6.07 Å². The molecule has 0 spiro atoms. The number of nitrogens with one attached hydrogen (secondary N) is 1. The summed E-state index contributed by atoms with van der Waals surface area (Å²) in [5.41, 5.74) is 1.18. The molecule has 0 aliphatic carbocycles. The van der Waals surface area contributed by atoms with Crippen molar-refractivity contribution in [2.45, 2.75) is 26.3 Å². The summed E-state index contributed by atoms with van der Waals surface area (Å²) < 4.78 is 0. The topological polar surface area (TPSA) is 12.0 Å². The lowest BCUT2D eigenvalue weighted by molar-refractivity contribution is 0.634. The summed E-state index contributed by atoms with van der Waals surface area (Å²) in [6.07, 6.45) is 0. The van der Waals surface area contributed by atoms with E-state index < -0.39 is 0 Å². The summed E-state index contributed by atoms with van der Waals surface area (Å²) in [6, 6.07) is 11.0. The zero-order valence-electron chi connectivity index (χ0n) is 7.31. The minimum atomic E-state index is 0.123. The van der Waals surface area contributed by atoms with E-state index in [4.69, 9.17) is 0 Å². The lowest BCUT2D eigenvalue weighted by atomic mass is 10.1. The van der Waals surface area contributed by atoms with E-state index in [0.717, 1.165) is 5.69 Å². The summed E-state index contributed by atoms with van der Waals surface area (Å²) in [6.45, 7) is 6.40. The Labute approximate surface area is 68.4 Å². The molecule has 0 bridgehead atoms. The van der Waals surface area contributed by atoms with Crippen LogP contribution < -0.4 is 5.32 Å². The molecule has 1 N–H and O–H groups in total. The number of para-hydroxylation sites is 1. The predicted molar refractivity (Wildman–Crippen MR) is 48.7 cm³/mol. The van der Waals surface area contributed by atoms with Crippen molar-refractivity contribution in [1.29, 1.82) is 0 Å². The monoisotopic (exact) mass is 148 g/mol. The molecular formula is C10H14N. The quantitative estimate of drug-likeness (QED) is 0.645. The van der Waals surface area contributed by atoms with Crippen molar-refractivity contribution in [3.05, 3.63) is 30.3 Å². The summed E-state index contributed by atoms with van der Waals surface area (Å²) in [5, 5.41) is 3.33. The van der Waals surface area contributed by atoms with Crippen LogP contribution in [0.1, 0.15) is 20.8 Å². The van der Waals surface area contributed by atoms with Gasteiger partial charge in [-0.2, -0.15) is 0 Å². The number of hydrogen-bond acceptors (Lipinski definition) is 1. The van der Waals surface area contributed by atoms with Crippen LogP contribution in [0.15, 0.2) is 24.3 Å². The molecule has 11 heavy (non-hydrogen) atoms. The molecule has 0 aliphatic heterocycles. The highest BCUT2D eigenvalue weighted by Crippen LogP contribution is 2.12. The average molecular weight is 148 g/mol. The predicted octanol–water partition coefficient (Wildman–Crippen LogP) is 2.70. The van der Waals surface area contributed by atoms with E-state index in [1.165, 1.54) is 0 Å². The van der Waals surface area contributed by atoms with Crippen LogP contribution >= 0.6 is 0 Å². The standard InChI is InChI=1S/C10H14N/c1-10(2,3)11-9-7-5-4-6-8-9/h4-7,11H,1-3H3. The maximum absolute atomic E-state index is 3.33. The first kappa shape index (κ1) is 8.12. The highest BCUT2D eigenvalue weighted by atomic mass is 14.9. The Balaban J connectivity index is 2.66. The van der Waals surface area contributed by atoms with Crippen LogP contribution in [0.5, 0.6) is 0 Å². The lowest BCUT2D eigenvalue weighted by Crippen LogP contribution is -2.25. The fourth-order valence-corrected chi connectivity index (χ4v) is 0.875. The van der Waals surface area contributed by atoms with E-state index in [9.17, 15) is 0 Å². The highest BCUT2D eigenvalue weighted by Gasteiger charge is 2.07. The number of hydrogen-bond donors (Lipinski definition) is 1. The molecule has 1 aromatic carbocycles. The summed E-state index contributed by atoms with van der Waals surface area (Å²) in [7, 11) is 0. The molecule has 0 atom stereocenters. The molecule has 0 fully saturated rings. The Morgan fingerprint density at radius 2 is 2.00 bits per heavy atom. The van der Waals surface area contributed by atoms with Crippen molar-refractivity contribution >= 4 is 5.69 Å². The first-order valence-corrected chi connectivity index (χ1v) is 3.83. The Hall–Kier alpha value is -0.980. The molecule has 1 aromatic rings. The van der Waals surface area contributed by atoms with Gasteiger partial charge in [-0.25, -0.2) is 0 Å². The fourth-order valence-electron chi connectivity index (χ4n) is 0.875. The molecule has 0 aliphatic rings. The molecule has 1 radical (unpaired) electrons. The van der Waals surface area contributed by atoms with Gasteiger partial charge in [-0.05, 0) is 26.8 Å². The smallest absolute Gasteiger partial charge is 0.0424 e. The van der Waals surface area contributed by atoms with E-state index in [2.05, 4.69) is 32.2 Å². The summed E-state index contributed by atoms with van der Waals surface area (Å²) in [5.74, 6) is 0. The van der Waals surface area contributed by atoms with E-state index in [0.29, 0.717) is 0 Å². The highest BCUT2D eigenvalue weighted by molar-refractivity contribution is 5.43. The Morgan fingerprint density at radius 1 is 1.27 bits per heavy atom. The zero-order valence-corrected chi connectivity index (χ0v) is 7.31. The van der Waals surface area contributed by atoms with Crippen molar-refractivity contribution in [1.82, 2.24) is 0 Å². The van der Waals surface area contributed by atoms with Crippen molar-refractivity contribution in [2.24, 2.45) is 0 Å². The molecule has 1 rings (SSSR count). The van der Waals surface area contributed by atoms with Gasteiger partial charge in [0.15, 0.2) is 0 Å². The Bertz CT molecular complexity index is 208. The maximum atomic E-state index is 3.33. The van der Waals surface area contributed by atoms with E-state index in [1.54, 1.807) is 0 Å². The van der Waals surface area contributed by atoms with E-state index in [1.807, 2.05) is 24.3 Å². The van der Waals surface area contributed by atoms with Crippen molar-refractivity contribution in [3.63, 3.8) is 0 Å². The van der Waals surface area contributed by atoms with Crippen LogP contribution in [-0.2, 0) is 0 Å². The molecule has 0 saturated heterocycles. The Kier molecular flexibility index (Phi) is 2.18. The number of rotatable bonds is 1. The molecule has 0 heterocycles. The average Bonchev–Trinajstić information content (AvgIpc) is 1.85. The third-order valence-corrected chi connectivity index (χ3v) is 1.22. The van der Waals surface area contributed by atoms with Crippen molar-refractivity contribution in [2.75, 3.05) is 5.32 Å². The third kappa shape index (κ3) is 3.08. The molecule has 0 unspecified atom stereocenters. The molecular weight excluding hydrogens is 134 g/mol. The van der Waals surface area contributed by atoms with Gasteiger partial charge in [0.25, 0.3) is 0 Å². The lowest BCUT2D eigenvalue weighted by Gasteiger charge is -2.21. The largest absolute Gasteiger partial charge is 0.380 e. The maximum Gasteiger partial charge on any atom is 0.0424 e. The van der Waals surface area contributed by atoms with Gasteiger partial charge >= 0.3 is 0 Å². The fraction of sp³-hybridized carbons (Fsp3) is 0.400. The number of anilines is 1. The molecule has 59 valence electrons. The molecule has 0 aromatic heterocycles. The normalized spacial score (nSPS) is 11.2. The molecule has 1 heteroatoms. The van der Waals surface area contributed by atoms with Gasteiger partial charge in [0, 0.05) is 17.3 Å². The Morgan fingerprint density at radius 3 is 2.45 bits per heavy atom. The molecule has 0 saturated carbocycles. The minimum absolute atomic E-state index is 0.123. The number of benzene rings is 1. The first-order chi connectivity index (χ1) is 5.08. The second kappa shape index (κ2) is 2.95. The molecule has 0 amide bonds. The zero-order chi connectivity index (χ0) is 8.32.